The first-order valence-electron chi connectivity index (χ1n) is 5.14. The maximum Gasteiger partial charge on any atom is 0.120 e. The van der Waals surface area contributed by atoms with E-state index in [9.17, 15) is 0 Å². The molecule has 78 valence electrons. The van der Waals surface area contributed by atoms with Crippen molar-refractivity contribution in [3.8, 4) is 5.75 Å². The molecule has 0 fully saturated rings. The topological polar surface area (TPSA) is 35.2 Å². The molecule has 2 heteroatoms. The lowest BCUT2D eigenvalue weighted by atomic mass is 10.1. The van der Waals surface area contributed by atoms with Crippen molar-refractivity contribution in [2.24, 2.45) is 5.73 Å². The third kappa shape index (κ3) is 3.04. The average molecular weight is 193 g/mol. The van der Waals surface area contributed by atoms with E-state index in [0.29, 0.717) is 0 Å². The Kier molecular flexibility index (Phi) is 3.96. The fraction of sp³-hybridized carbons (Fsp3) is 0.500. The highest BCUT2D eigenvalue weighted by atomic mass is 16.5. The number of benzene rings is 1. The lowest BCUT2D eigenvalue weighted by Gasteiger charge is -2.18. The van der Waals surface area contributed by atoms with Crippen LogP contribution in [-0.2, 0) is 6.42 Å². The Labute approximate surface area is 86.1 Å². The molecule has 0 bridgehead atoms. The van der Waals surface area contributed by atoms with Gasteiger partial charge in [-0.1, -0.05) is 19.1 Å². The number of hydrogen-bond donors (Lipinski definition) is 1. The van der Waals surface area contributed by atoms with E-state index in [0.717, 1.165) is 12.2 Å². The fourth-order valence-electron chi connectivity index (χ4n) is 1.16. The van der Waals surface area contributed by atoms with Gasteiger partial charge in [0.2, 0.25) is 0 Å². The first-order chi connectivity index (χ1) is 6.63. The van der Waals surface area contributed by atoms with Crippen LogP contribution in [-0.4, -0.2) is 12.1 Å². The van der Waals surface area contributed by atoms with Crippen molar-refractivity contribution in [1.29, 1.82) is 0 Å². The van der Waals surface area contributed by atoms with Gasteiger partial charge >= 0.3 is 0 Å². The molecule has 0 radical (unpaired) electrons. The minimum Gasteiger partial charge on any atom is -0.489 e. The van der Waals surface area contributed by atoms with Crippen molar-refractivity contribution in [1.82, 2.24) is 0 Å². The van der Waals surface area contributed by atoms with Crippen LogP contribution in [0.5, 0.6) is 5.75 Å². The molecule has 0 saturated heterocycles. The molecule has 2 N–H and O–H groups in total. The van der Waals surface area contributed by atoms with E-state index in [1.165, 1.54) is 5.56 Å². The van der Waals surface area contributed by atoms with E-state index in [4.69, 9.17) is 10.5 Å². The zero-order chi connectivity index (χ0) is 10.6. The molecule has 0 heterocycles. The van der Waals surface area contributed by atoms with Crippen LogP contribution >= 0.6 is 0 Å². The summed E-state index contributed by atoms with van der Waals surface area (Å²) in [5.41, 5.74) is 7.02. The molecule has 1 aromatic carbocycles. The largest absolute Gasteiger partial charge is 0.489 e. The molecular weight excluding hydrogens is 174 g/mol. The van der Waals surface area contributed by atoms with E-state index in [2.05, 4.69) is 19.1 Å². The standard InChI is InChI=1S/C12H19NO/c1-4-11-6-5-7-12(8-11)14-10(3)9(2)13/h5-10H,4,13H2,1-3H3. The third-order valence-corrected chi connectivity index (χ3v) is 2.37. The molecule has 0 amide bonds. The number of aryl methyl sites for hydroxylation is 1. The molecule has 0 aliphatic heterocycles. The van der Waals surface area contributed by atoms with Crippen LogP contribution in [0.2, 0.25) is 0 Å². The van der Waals surface area contributed by atoms with Gasteiger partial charge in [0.25, 0.3) is 0 Å². The van der Waals surface area contributed by atoms with Crippen LogP contribution in [0.15, 0.2) is 24.3 Å². The highest BCUT2D eigenvalue weighted by molar-refractivity contribution is 5.28. The van der Waals surface area contributed by atoms with Crippen molar-refractivity contribution in [3.63, 3.8) is 0 Å². The molecule has 0 aromatic heterocycles. The van der Waals surface area contributed by atoms with Crippen LogP contribution in [0, 0.1) is 0 Å². The van der Waals surface area contributed by atoms with Gasteiger partial charge in [-0.05, 0) is 38.0 Å². The SMILES string of the molecule is CCc1cccc(OC(C)C(C)N)c1. The minimum absolute atomic E-state index is 0.0558. The lowest BCUT2D eigenvalue weighted by molar-refractivity contribution is 0.196. The summed E-state index contributed by atoms with van der Waals surface area (Å²) in [7, 11) is 0. The van der Waals surface area contributed by atoms with E-state index in [1.807, 2.05) is 26.0 Å². The summed E-state index contributed by atoms with van der Waals surface area (Å²) in [6, 6.07) is 8.21. The Morgan fingerprint density at radius 2 is 2.07 bits per heavy atom. The molecule has 2 unspecified atom stereocenters. The predicted molar refractivity (Wildman–Crippen MR) is 59.6 cm³/mol. The highest BCUT2D eigenvalue weighted by Gasteiger charge is 2.08. The van der Waals surface area contributed by atoms with E-state index in [1.54, 1.807) is 0 Å². The van der Waals surface area contributed by atoms with Crippen molar-refractivity contribution < 1.29 is 4.74 Å². The van der Waals surface area contributed by atoms with Gasteiger partial charge in [0.1, 0.15) is 11.9 Å². The number of hydrogen-bond acceptors (Lipinski definition) is 2. The zero-order valence-electron chi connectivity index (χ0n) is 9.16. The number of ether oxygens (including phenoxy) is 1. The van der Waals surface area contributed by atoms with Gasteiger partial charge in [0.15, 0.2) is 0 Å². The van der Waals surface area contributed by atoms with Gasteiger partial charge in [0, 0.05) is 6.04 Å². The Morgan fingerprint density at radius 1 is 1.36 bits per heavy atom. The molecule has 0 aliphatic carbocycles. The molecule has 2 atom stereocenters. The molecule has 14 heavy (non-hydrogen) atoms. The smallest absolute Gasteiger partial charge is 0.120 e. The van der Waals surface area contributed by atoms with Gasteiger partial charge in [-0.3, -0.25) is 0 Å². The van der Waals surface area contributed by atoms with E-state index >= 15 is 0 Å². The molecule has 2 nitrogen and oxygen atoms in total. The van der Waals surface area contributed by atoms with Gasteiger partial charge in [-0.15, -0.1) is 0 Å². The van der Waals surface area contributed by atoms with Crippen LogP contribution in [0.1, 0.15) is 26.3 Å². The monoisotopic (exact) mass is 193 g/mol. The van der Waals surface area contributed by atoms with Crippen LogP contribution in [0.4, 0.5) is 0 Å². The quantitative estimate of drug-likeness (QED) is 0.796. The lowest BCUT2D eigenvalue weighted by Crippen LogP contribution is -2.33. The fourth-order valence-corrected chi connectivity index (χ4v) is 1.16. The van der Waals surface area contributed by atoms with Crippen LogP contribution in [0.25, 0.3) is 0 Å². The number of nitrogens with two attached hydrogens (primary N) is 1. The van der Waals surface area contributed by atoms with Crippen molar-refractivity contribution in [2.75, 3.05) is 0 Å². The van der Waals surface area contributed by atoms with Crippen molar-refractivity contribution in [3.05, 3.63) is 29.8 Å². The van der Waals surface area contributed by atoms with Gasteiger partial charge in [-0.2, -0.15) is 0 Å². The summed E-state index contributed by atoms with van der Waals surface area (Å²) in [4.78, 5) is 0. The Morgan fingerprint density at radius 3 is 2.64 bits per heavy atom. The highest BCUT2D eigenvalue weighted by Crippen LogP contribution is 2.15. The molecular formula is C12H19NO. The molecule has 0 saturated carbocycles. The van der Waals surface area contributed by atoms with Gasteiger partial charge < -0.3 is 10.5 Å². The summed E-state index contributed by atoms with van der Waals surface area (Å²) in [5, 5.41) is 0. The van der Waals surface area contributed by atoms with Crippen LogP contribution in [0.3, 0.4) is 0 Å². The van der Waals surface area contributed by atoms with Crippen molar-refractivity contribution in [2.45, 2.75) is 39.3 Å². The summed E-state index contributed by atoms with van der Waals surface area (Å²) in [5.74, 6) is 0.911. The summed E-state index contributed by atoms with van der Waals surface area (Å²) in [6.07, 6.45) is 1.09. The first kappa shape index (κ1) is 11.1. The number of rotatable bonds is 4. The van der Waals surface area contributed by atoms with E-state index < -0.39 is 0 Å². The Balaban J connectivity index is 2.66. The second kappa shape index (κ2) is 5.01. The second-order valence-electron chi connectivity index (χ2n) is 3.68. The van der Waals surface area contributed by atoms with Crippen LogP contribution < -0.4 is 10.5 Å². The maximum atomic E-state index is 5.73. The zero-order valence-corrected chi connectivity index (χ0v) is 9.16. The normalized spacial score (nSPS) is 14.9. The molecule has 1 rings (SSSR count). The second-order valence-corrected chi connectivity index (χ2v) is 3.68. The van der Waals surface area contributed by atoms with Gasteiger partial charge in [0.05, 0.1) is 0 Å². The summed E-state index contributed by atoms with van der Waals surface area (Å²) < 4.78 is 5.69. The average Bonchev–Trinajstić information content (AvgIpc) is 2.18. The van der Waals surface area contributed by atoms with E-state index in [-0.39, 0.29) is 12.1 Å². The van der Waals surface area contributed by atoms with Crippen molar-refractivity contribution >= 4 is 0 Å². The predicted octanol–water partition coefficient (Wildman–Crippen LogP) is 2.36. The first-order valence-corrected chi connectivity index (χ1v) is 5.14. The third-order valence-electron chi connectivity index (χ3n) is 2.37. The maximum absolute atomic E-state index is 5.73. The minimum atomic E-state index is 0.0558. The Hall–Kier alpha value is -1.02. The molecule has 1 aromatic rings. The van der Waals surface area contributed by atoms with Gasteiger partial charge in [-0.25, -0.2) is 0 Å². The molecule has 0 aliphatic rings. The summed E-state index contributed by atoms with van der Waals surface area (Å²) >= 11 is 0. The molecule has 0 spiro atoms. The Bertz CT molecular complexity index is 283. The summed E-state index contributed by atoms with van der Waals surface area (Å²) in [6.45, 7) is 6.08.